The summed E-state index contributed by atoms with van der Waals surface area (Å²) >= 11 is 3.50. The predicted octanol–water partition coefficient (Wildman–Crippen LogP) is 3.85. The van der Waals surface area contributed by atoms with Crippen LogP contribution in [-0.2, 0) is 0 Å². The van der Waals surface area contributed by atoms with Gasteiger partial charge in [0, 0.05) is 18.4 Å². The molecule has 0 saturated heterocycles. The van der Waals surface area contributed by atoms with Gasteiger partial charge >= 0.3 is 0 Å². The smallest absolute Gasteiger partial charge is 0.206 e. The second-order valence-electron chi connectivity index (χ2n) is 5.26. The van der Waals surface area contributed by atoms with Crippen LogP contribution in [0, 0.1) is 0 Å². The lowest BCUT2D eigenvalue weighted by Gasteiger charge is -1.94. The highest BCUT2D eigenvalue weighted by atomic mass is 32.1. The zero-order chi connectivity index (χ0) is 12.8. The zero-order valence-corrected chi connectivity index (χ0v) is 12.5. The van der Waals surface area contributed by atoms with Crippen molar-refractivity contribution in [1.29, 1.82) is 0 Å². The van der Waals surface area contributed by atoms with E-state index in [1.54, 1.807) is 11.3 Å². The second kappa shape index (κ2) is 4.52. The molecule has 4 nitrogen and oxygen atoms in total. The molecule has 0 bridgehead atoms. The van der Waals surface area contributed by atoms with E-state index in [-0.39, 0.29) is 0 Å². The van der Waals surface area contributed by atoms with E-state index in [9.17, 15) is 0 Å². The van der Waals surface area contributed by atoms with Crippen LogP contribution in [0.15, 0.2) is 0 Å². The molecule has 2 aromatic heterocycles. The predicted molar refractivity (Wildman–Crippen MR) is 79.1 cm³/mol. The lowest BCUT2D eigenvalue weighted by molar-refractivity contribution is 0.986. The highest BCUT2D eigenvalue weighted by Gasteiger charge is 2.35. The molecule has 2 aliphatic carbocycles. The molecule has 6 heteroatoms. The van der Waals surface area contributed by atoms with E-state index in [1.807, 2.05) is 11.3 Å². The van der Waals surface area contributed by atoms with Crippen molar-refractivity contribution >= 4 is 27.8 Å². The Morgan fingerprint density at radius 3 is 2.58 bits per heavy atom. The Kier molecular flexibility index (Phi) is 2.81. The number of hydrogen-bond acceptors (Lipinski definition) is 6. The fourth-order valence-corrected chi connectivity index (χ4v) is 4.39. The molecule has 19 heavy (non-hydrogen) atoms. The molecule has 0 spiro atoms. The molecule has 1 N–H and O–H groups in total. The monoisotopic (exact) mass is 292 g/mol. The Balaban J connectivity index is 1.71. The van der Waals surface area contributed by atoms with Gasteiger partial charge in [0.25, 0.3) is 0 Å². The first kappa shape index (κ1) is 11.8. The van der Waals surface area contributed by atoms with Crippen molar-refractivity contribution in [2.45, 2.75) is 44.4 Å². The summed E-state index contributed by atoms with van der Waals surface area (Å²) < 4.78 is 0. The Hall–Kier alpha value is -1.01. The number of anilines is 1. The summed E-state index contributed by atoms with van der Waals surface area (Å²) in [6.45, 7) is 2.97. The molecule has 0 unspecified atom stereocenters. The van der Waals surface area contributed by atoms with Crippen LogP contribution < -0.4 is 5.32 Å². The molecule has 2 saturated carbocycles. The minimum absolute atomic E-state index is 0.685. The fraction of sp³-hybridized carbons (Fsp3) is 0.615. The molecule has 2 aliphatic rings. The van der Waals surface area contributed by atoms with E-state index >= 15 is 0 Å². The van der Waals surface area contributed by atoms with Gasteiger partial charge in [0.1, 0.15) is 0 Å². The van der Waals surface area contributed by atoms with Crippen molar-refractivity contribution in [2.24, 2.45) is 0 Å². The number of thiazole rings is 1. The van der Waals surface area contributed by atoms with E-state index in [0.717, 1.165) is 22.6 Å². The van der Waals surface area contributed by atoms with Gasteiger partial charge in [-0.3, -0.25) is 0 Å². The Morgan fingerprint density at radius 1 is 1.11 bits per heavy atom. The second-order valence-corrected chi connectivity index (χ2v) is 7.27. The van der Waals surface area contributed by atoms with Crippen LogP contribution >= 0.6 is 22.7 Å². The molecular formula is C13H16N4S2. The van der Waals surface area contributed by atoms with Gasteiger partial charge in [0.2, 0.25) is 5.13 Å². The van der Waals surface area contributed by atoms with Gasteiger partial charge < -0.3 is 5.32 Å². The lowest BCUT2D eigenvalue weighted by atomic mass is 10.2. The summed E-state index contributed by atoms with van der Waals surface area (Å²) in [6.07, 6.45) is 5.21. The maximum Gasteiger partial charge on any atom is 0.206 e. The number of nitrogens with one attached hydrogen (secondary N) is 1. The Bertz CT molecular complexity index is 596. The topological polar surface area (TPSA) is 50.7 Å². The summed E-state index contributed by atoms with van der Waals surface area (Å²) in [7, 11) is 0. The highest BCUT2D eigenvalue weighted by Crippen LogP contribution is 2.51. The summed E-state index contributed by atoms with van der Waals surface area (Å²) in [5, 5.41) is 15.1. The molecule has 4 rings (SSSR count). The van der Waals surface area contributed by atoms with Crippen LogP contribution in [0.1, 0.15) is 55.1 Å². The average Bonchev–Trinajstić information content (AvgIpc) is 3.34. The average molecular weight is 292 g/mol. The van der Waals surface area contributed by atoms with Crippen LogP contribution in [0.4, 0.5) is 5.13 Å². The highest BCUT2D eigenvalue weighted by molar-refractivity contribution is 7.23. The van der Waals surface area contributed by atoms with E-state index in [1.165, 1.54) is 41.3 Å². The SMILES string of the molecule is CCNc1nnc(-c2sc(C3CC3)nc2C2CC2)s1. The Labute approximate surface area is 120 Å². The van der Waals surface area contributed by atoms with Gasteiger partial charge in [-0.1, -0.05) is 11.3 Å². The van der Waals surface area contributed by atoms with Crippen molar-refractivity contribution in [3.05, 3.63) is 10.7 Å². The Morgan fingerprint density at radius 2 is 1.89 bits per heavy atom. The van der Waals surface area contributed by atoms with Gasteiger partial charge in [0.05, 0.1) is 15.6 Å². The maximum atomic E-state index is 4.90. The molecule has 0 aliphatic heterocycles. The molecular weight excluding hydrogens is 276 g/mol. The fourth-order valence-electron chi connectivity index (χ4n) is 2.18. The summed E-state index contributed by atoms with van der Waals surface area (Å²) in [6, 6.07) is 0. The zero-order valence-electron chi connectivity index (χ0n) is 10.8. The molecule has 0 atom stereocenters. The van der Waals surface area contributed by atoms with Gasteiger partial charge in [-0.15, -0.1) is 21.5 Å². The van der Waals surface area contributed by atoms with Crippen LogP contribution in [-0.4, -0.2) is 21.7 Å². The lowest BCUT2D eigenvalue weighted by Crippen LogP contribution is -1.94. The van der Waals surface area contributed by atoms with Gasteiger partial charge in [-0.25, -0.2) is 4.98 Å². The summed E-state index contributed by atoms with van der Waals surface area (Å²) in [5.41, 5.74) is 1.30. The number of nitrogens with zero attached hydrogens (tertiary/aromatic N) is 3. The first-order chi connectivity index (χ1) is 9.35. The molecule has 0 radical (unpaired) electrons. The molecule has 0 aromatic carbocycles. The van der Waals surface area contributed by atoms with E-state index in [0.29, 0.717) is 5.92 Å². The first-order valence-electron chi connectivity index (χ1n) is 6.93. The molecule has 2 heterocycles. The third kappa shape index (κ3) is 2.27. The van der Waals surface area contributed by atoms with Crippen molar-refractivity contribution in [3.63, 3.8) is 0 Å². The largest absolute Gasteiger partial charge is 0.360 e. The van der Waals surface area contributed by atoms with E-state index in [2.05, 4.69) is 22.4 Å². The van der Waals surface area contributed by atoms with Gasteiger partial charge in [0.15, 0.2) is 5.01 Å². The number of hydrogen-bond donors (Lipinski definition) is 1. The standard InChI is InChI=1S/C13H16N4S2/c1-2-14-13-17-16-12(19-13)10-9(7-3-4-7)15-11(18-10)8-5-6-8/h7-8H,2-6H2,1H3,(H,14,17). The number of rotatable bonds is 5. The van der Waals surface area contributed by atoms with Crippen LogP contribution in [0.3, 0.4) is 0 Å². The van der Waals surface area contributed by atoms with Crippen molar-refractivity contribution in [2.75, 3.05) is 11.9 Å². The third-order valence-corrected chi connectivity index (χ3v) is 5.78. The molecule has 2 aromatic rings. The van der Waals surface area contributed by atoms with E-state index < -0.39 is 0 Å². The molecule has 0 amide bonds. The minimum Gasteiger partial charge on any atom is -0.360 e. The quantitative estimate of drug-likeness (QED) is 0.909. The normalized spacial score (nSPS) is 18.8. The summed E-state index contributed by atoms with van der Waals surface area (Å²) in [5.74, 6) is 1.42. The summed E-state index contributed by atoms with van der Waals surface area (Å²) in [4.78, 5) is 6.19. The van der Waals surface area contributed by atoms with Crippen LogP contribution in [0.2, 0.25) is 0 Å². The third-order valence-electron chi connectivity index (χ3n) is 3.51. The van der Waals surface area contributed by atoms with Crippen molar-refractivity contribution in [1.82, 2.24) is 15.2 Å². The molecule has 100 valence electrons. The maximum absolute atomic E-state index is 4.90. The first-order valence-corrected chi connectivity index (χ1v) is 8.56. The van der Waals surface area contributed by atoms with Gasteiger partial charge in [-0.05, 0) is 32.6 Å². The van der Waals surface area contributed by atoms with Crippen molar-refractivity contribution in [3.8, 4) is 9.88 Å². The van der Waals surface area contributed by atoms with E-state index in [4.69, 9.17) is 4.98 Å². The van der Waals surface area contributed by atoms with Crippen LogP contribution in [0.25, 0.3) is 9.88 Å². The number of aromatic nitrogens is 3. The van der Waals surface area contributed by atoms with Crippen molar-refractivity contribution < 1.29 is 0 Å². The molecule has 2 fully saturated rings. The van der Waals surface area contributed by atoms with Gasteiger partial charge in [-0.2, -0.15) is 0 Å². The minimum atomic E-state index is 0.685. The van der Waals surface area contributed by atoms with Crippen LogP contribution in [0.5, 0.6) is 0 Å².